The number of halogens is 10. The SMILES string of the molecule is O=S(=O)(N(F)F)C(F)(F)F.O=S(=O)(N(F)F)C(F)(F)F.[H-].[Li+]. The maximum absolute atomic E-state index is 11.0. The third-order valence-electron chi connectivity index (χ3n) is 0.948. The van der Waals surface area contributed by atoms with Crippen LogP contribution in [-0.4, -0.2) is 37.4 Å². The largest absolute Gasteiger partial charge is 1.00 e. The molecule has 0 heterocycles. The average Bonchev–Trinajstić information content (AvgIpc) is 2.14. The maximum Gasteiger partial charge on any atom is 1.00 e. The Morgan fingerprint density at radius 3 is 0.762 bits per heavy atom. The summed E-state index contributed by atoms with van der Waals surface area (Å²) >= 11 is 0. The summed E-state index contributed by atoms with van der Waals surface area (Å²) < 4.78 is 141. The zero-order valence-electron chi connectivity index (χ0n) is 10.1. The van der Waals surface area contributed by atoms with Crippen LogP contribution in [0.5, 0.6) is 0 Å². The van der Waals surface area contributed by atoms with Gasteiger partial charge in [-0.15, -0.1) is 0 Å². The van der Waals surface area contributed by atoms with Crippen molar-refractivity contribution in [1.29, 1.82) is 0 Å². The molecule has 0 bridgehead atoms. The Labute approximate surface area is 122 Å². The first-order chi connectivity index (χ1) is 8.39. The number of hydrogen-bond donors (Lipinski definition) is 0. The van der Waals surface area contributed by atoms with E-state index in [4.69, 9.17) is 0 Å². The number of sulfonamides is 2. The van der Waals surface area contributed by atoms with Crippen LogP contribution in [0, 0.1) is 0 Å². The molecule has 0 aliphatic heterocycles. The molecular weight excluding hydrogens is 377 g/mol. The van der Waals surface area contributed by atoms with Crippen LogP contribution in [0.1, 0.15) is 1.43 Å². The fourth-order valence-electron chi connectivity index (χ4n) is 0.156. The third-order valence-corrected chi connectivity index (χ3v) is 2.85. The molecule has 0 unspecified atom stereocenters. The summed E-state index contributed by atoms with van der Waals surface area (Å²) in [6.07, 6.45) is 0. The fraction of sp³-hybridized carbons (Fsp3) is 1.00. The van der Waals surface area contributed by atoms with Gasteiger partial charge in [0.25, 0.3) is 0 Å². The second-order valence-electron chi connectivity index (χ2n) is 2.25. The zero-order valence-corrected chi connectivity index (χ0v) is 10.8. The molecule has 0 saturated carbocycles. The van der Waals surface area contributed by atoms with Crippen LogP contribution in [0.2, 0.25) is 0 Å². The Kier molecular flexibility index (Phi) is 9.56. The quantitative estimate of drug-likeness (QED) is 0.349. The molecule has 19 heteroatoms. The average molecular weight is 378 g/mol. The Hall–Kier alpha value is -0.283. The molecule has 6 nitrogen and oxygen atoms in total. The van der Waals surface area contributed by atoms with Crippen molar-refractivity contribution in [3.8, 4) is 0 Å². The van der Waals surface area contributed by atoms with Crippen molar-refractivity contribution in [2.45, 2.75) is 11.0 Å². The normalized spacial score (nSPS) is 13.5. The summed E-state index contributed by atoms with van der Waals surface area (Å²) in [6, 6.07) is 0. The predicted molar refractivity (Wildman–Crippen MR) is 39.2 cm³/mol. The Morgan fingerprint density at radius 2 is 0.762 bits per heavy atom. The summed E-state index contributed by atoms with van der Waals surface area (Å²) in [5, 5.41) is 0. The van der Waals surface area contributed by atoms with Gasteiger partial charge in [-0.25, -0.2) is 0 Å². The number of alkyl halides is 6. The topological polar surface area (TPSA) is 74.8 Å². The van der Waals surface area contributed by atoms with Crippen LogP contribution in [0.25, 0.3) is 0 Å². The van der Waals surface area contributed by atoms with Crippen LogP contribution in [0.4, 0.5) is 44.3 Å². The Balaban J connectivity index is -0.000000135. The monoisotopic (exact) mass is 378 g/mol. The van der Waals surface area contributed by atoms with Gasteiger partial charge in [0, 0.05) is 0 Å². The number of rotatable bonds is 2. The number of nitrogens with zero attached hydrogens (tertiary/aromatic N) is 2. The van der Waals surface area contributed by atoms with Crippen LogP contribution < -0.4 is 18.9 Å². The summed E-state index contributed by atoms with van der Waals surface area (Å²) in [5.41, 5.74) is -11.9. The van der Waals surface area contributed by atoms with Gasteiger partial charge in [-0.3, -0.25) is 0 Å². The summed E-state index contributed by atoms with van der Waals surface area (Å²) in [5.74, 6) is 0. The molecular formula is C2HF10LiN2O4S2. The smallest absolute Gasteiger partial charge is 1.00 e. The summed E-state index contributed by atoms with van der Waals surface area (Å²) in [6.45, 7) is 0. The molecule has 126 valence electrons. The molecule has 0 aromatic rings. The molecule has 0 saturated heterocycles. The molecule has 0 aromatic carbocycles. The van der Waals surface area contributed by atoms with E-state index < -0.39 is 40.6 Å². The van der Waals surface area contributed by atoms with Crippen LogP contribution in [0.15, 0.2) is 0 Å². The van der Waals surface area contributed by atoms with Crippen molar-refractivity contribution < 1.29 is 81.4 Å². The van der Waals surface area contributed by atoms with E-state index in [1.54, 1.807) is 0 Å². The molecule has 0 aliphatic carbocycles. The van der Waals surface area contributed by atoms with Gasteiger partial charge in [0.1, 0.15) is 9.50 Å². The summed E-state index contributed by atoms with van der Waals surface area (Å²) in [7, 11) is -12.8. The van der Waals surface area contributed by atoms with E-state index in [9.17, 15) is 61.1 Å². The van der Waals surface area contributed by atoms with E-state index in [0.29, 0.717) is 0 Å². The van der Waals surface area contributed by atoms with E-state index in [2.05, 4.69) is 0 Å². The minimum Gasteiger partial charge on any atom is -1.00 e. The zero-order chi connectivity index (χ0) is 17.2. The van der Waals surface area contributed by atoms with Gasteiger partial charge in [0.15, 0.2) is 0 Å². The van der Waals surface area contributed by atoms with E-state index >= 15 is 0 Å². The Bertz CT molecular complexity index is 464. The van der Waals surface area contributed by atoms with Crippen molar-refractivity contribution >= 4 is 20.0 Å². The van der Waals surface area contributed by atoms with Crippen molar-refractivity contribution in [3.05, 3.63) is 0 Å². The molecule has 0 rings (SSSR count). The Morgan fingerprint density at radius 1 is 0.619 bits per heavy atom. The van der Waals surface area contributed by atoms with Crippen LogP contribution >= 0.6 is 0 Å². The van der Waals surface area contributed by atoms with E-state index in [-0.39, 0.29) is 20.3 Å². The minimum atomic E-state index is -6.41. The first-order valence-electron chi connectivity index (χ1n) is 3.25. The van der Waals surface area contributed by atoms with E-state index in [1.807, 2.05) is 0 Å². The third kappa shape index (κ3) is 7.01. The number of hydrogen-bond acceptors (Lipinski definition) is 4. The van der Waals surface area contributed by atoms with E-state index in [1.165, 1.54) is 0 Å². The summed E-state index contributed by atoms with van der Waals surface area (Å²) in [4.78, 5) is 0. The van der Waals surface area contributed by atoms with Gasteiger partial charge in [-0.1, -0.05) is 17.9 Å². The maximum atomic E-state index is 11.0. The first kappa shape index (κ1) is 25.7. The van der Waals surface area contributed by atoms with Crippen molar-refractivity contribution in [3.63, 3.8) is 0 Å². The van der Waals surface area contributed by atoms with Crippen molar-refractivity contribution in [2.75, 3.05) is 0 Å². The minimum absolute atomic E-state index is 0. The molecule has 0 spiro atoms. The van der Waals surface area contributed by atoms with Gasteiger partial charge >= 0.3 is 49.9 Å². The predicted octanol–water partition coefficient (Wildman–Crippen LogP) is -1.07. The molecule has 0 amide bonds. The molecule has 0 atom stereocenters. The van der Waals surface area contributed by atoms with E-state index in [0.717, 1.165) is 0 Å². The van der Waals surface area contributed by atoms with Gasteiger partial charge in [-0.2, -0.15) is 43.2 Å². The fourth-order valence-corrected chi connectivity index (χ4v) is 0.469. The van der Waals surface area contributed by atoms with Gasteiger partial charge < -0.3 is 1.43 Å². The van der Waals surface area contributed by atoms with Gasteiger partial charge in [-0.05, 0) is 0 Å². The van der Waals surface area contributed by atoms with Crippen molar-refractivity contribution in [1.82, 2.24) is 9.50 Å². The molecule has 21 heavy (non-hydrogen) atoms. The first-order valence-corrected chi connectivity index (χ1v) is 6.13. The van der Waals surface area contributed by atoms with Crippen LogP contribution in [0.3, 0.4) is 0 Å². The van der Waals surface area contributed by atoms with Crippen LogP contribution in [-0.2, 0) is 20.0 Å². The molecule has 0 aromatic heterocycles. The second kappa shape index (κ2) is 7.82. The molecule has 0 aliphatic rings. The van der Waals surface area contributed by atoms with Gasteiger partial charge in [0.2, 0.25) is 0 Å². The molecule has 0 radical (unpaired) electrons. The second-order valence-corrected chi connectivity index (χ2v) is 5.62. The van der Waals surface area contributed by atoms with Gasteiger partial charge in [0.05, 0.1) is 0 Å². The van der Waals surface area contributed by atoms with Crippen molar-refractivity contribution in [2.24, 2.45) is 0 Å². The molecule has 0 fully saturated rings. The molecule has 0 N–H and O–H groups in total. The standard InChI is InChI=1S/2CF5NO2S.Li.H/c2*2-1(3,4)10(8,9)7(5)6;;/q;;+1;-1.